The Morgan fingerprint density at radius 1 is 1.27 bits per heavy atom. The number of anilines is 2. The highest BCUT2D eigenvalue weighted by Crippen LogP contribution is 2.23. The van der Waals surface area contributed by atoms with Gasteiger partial charge in [0.2, 0.25) is 0 Å². The predicted octanol–water partition coefficient (Wildman–Crippen LogP) is 4.77. The van der Waals surface area contributed by atoms with E-state index < -0.39 is 0 Å². The van der Waals surface area contributed by atoms with Gasteiger partial charge >= 0.3 is 0 Å². The number of halogens is 2. The summed E-state index contributed by atoms with van der Waals surface area (Å²) in [5.41, 5.74) is 3.04. The number of hydrazone groups is 1. The Hall–Kier alpha value is -2.07. The lowest BCUT2D eigenvalue weighted by Crippen LogP contribution is -2.19. The van der Waals surface area contributed by atoms with E-state index in [1.807, 2.05) is 39.1 Å². The maximum Gasteiger partial charge on any atom is 0.148 e. The molecule has 0 heterocycles. The fourth-order valence-corrected chi connectivity index (χ4v) is 2.40. The molecule has 0 spiro atoms. The van der Waals surface area contributed by atoms with Crippen LogP contribution in [0.5, 0.6) is 0 Å². The molecule has 0 aliphatic carbocycles. The minimum atomic E-state index is -0.291. The lowest BCUT2D eigenvalue weighted by molar-refractivity contribution is 0.620. The minimum Gasteiger partial charge on any atom is -0.388 e. The summed E-state index contributed by atoms with van der Waals surface area (Å²) in [6.07, 6.45) is 0. The molecule has 22 heavy (non-hydrogen) atoms. The van der Waals surface area contributed by atoms with Gasteiger partial charge in [0.05, 0.1) is 11.4 Å². The third-order valence-electron chi connectivity index (χ3n) is 3.34. The van der Waals surface area contributed by atoms with Crippen LogP contribution < -0.4 is 10.3 Å². The maximum absolute atomic E-state index is 13.9. The molecule has 0 amide bonds. The highest BCUT2D eigenvalue weighted by atomic mass is 35.5. The van der Waals surface area contributed by atoms with Gasteiger partial charge in [-0.2, -0.15) is 5.10 Å². The molecule has 0 fully saturated rings. The highest BCUT2D eigenvalue weighted by Gasteiger charge is 2.11. The predicted molar refractivity (Wildman–Crippen MR) is 92.6 cm³/mol. The lowest BCUT2D eigenvalue weighted by Gasteiger charge is -2.19. The zero-order chi connectivity index (χ0) is 16.1. The van der Waals surface area contributed by atoms with Crippen molar-refractivity contribution in [3.63, 3.8) is 0 Å². The molecule has 2 aromatic carbocycles. The molecule has 0 unspecified atom stereocenters. The Kier molecular flexibility index (Phi) is 5.39. The lowest BCUT2D eigenvalue weighted by atomic mass is 10.1. The molecule has 0 radical (unpaired) electrons. The highest BCUT2D eigenvalue weighted by molar-refractivity contribution is 6.31. The SMILES string of the molecule is CCN(/N=C(\C)c1cc(Cl)ccc1NC)c1ccccc1F. The number of rotatable bonds is 5. The van der Waals surface area contributed by atoms with Crippen molar-refractivity contribution < 1.29 is 4.39 Å². The van der Waals surface area contributed by atoms with Crippen LogP contribution in [0.25, 0.3) is 0 Å². The van der Waals surface area contributed by atoms with Crippen molar-refractivity contribution in [2.45, 2.75) is 13.8 Å². The first-order chi connectivity index (χ1) is 10.6. The van der Waals surface area contributed by atoms with Gasteiger partial charge in [0, 0.05) is 29.9 Å². The molecule has 2 rings (SSSR count). The monoisotopic (exact) mass is 319 g/mol. The zero-order valence-corrected chi connectivity index (χ0v) is 13.7. The number of para-hydroxylation sites is 1. The van der Waals surface area contributed by atoms with Crippen LogP contribution in [0.1, 0.15) is 19.4 Å². The molecule has 0 atom stereocenters. The molecule has 5 heteroatoms. The largest absolute Gasteiger partial charge is 0.388 e. The quantitative estimate of drug-likeness (QED) is 0.635. The van der Waals surface area contributed by atoms with Gasteiger partial charge in [-0.15, -0.1) is 0 Å². The fraction of sp³-hybridized carbons (Fsp3) is 0.235. The van der Waals surface area contributed by atoms with Gasteiger partial charge in [0.1, 0.15) is 5.82 Å². The standard InChI is InChI=1S/C17H19ClFN3/c1-4-22(17-8-6-5-7-15(17)19)21-12(2)14-11-13(18)9-10-16(14)20-3/h5-11,20H,4H2,1-3H3/b21-12+. The molecule has 0 bridgehead atoms. The summed E-state index contributed by atoms with van der Waals surface area (Å²) in [5, 5.41) is 9.95. The molecule has 1 N–H and O–H groups in total. The molecule has 2 aromatic rings. The third kappa shape index (κ3) is 3.57. The smallest absolute Gasteiger partial charge is 0.148 e. The molecular weight excluding hydrogens is 301 g/mol. The molecule has 116 valence electrons. The van der Waals surface area contributed by atoms with E-state index in [1.54, 1.807) is 23.2 Å². The molecular formula is C17H19ClFN3. The first kappa shape index (κ1) is 16.3. The summed E-state index contributed by atoms with van der Waals surface area (Å²) in [7, 11) is 1.84. The number of hydrogen-bond acceptors (Lipinski definition) is 3. The van der Waals surface area contributed by atoms with Gasteiger partial charge in [0.15, 0.2) is 0 Å². The van der Waals surface area contributed by atoms with Crippen LogP contribution in [0.4, 0.5) is 15.8 Å². The van der Waals surface area contributed by atoms with Crippen LogP contribution in [0.2, 0.25) is 5.02 Å². The van der Waals surface area contributed by atoms with Crippen molar-refractivity contribution in [1.29, 1.82) is 0 Å². The van der Waals surface area contributed by atoms with E-state index in [2.05, 4.69) is 10.4 Å². The third-order valence-corrected chi connectivity index (χ3v) is 3.58. The second-order valence-corrected chi connectivity index (χ2v) is 5.23. The Bertz CT molecular complexity index is 685. The van der Waals surface area contributed by atoms with E-state index in [9.17, 15) is 4.39 Å². The van der Waals surface area contributed by atoms with Crippen LogP contribution in [0.15, 0.2) is 47.6 Å². The van der Waals surface area contributed by atoms with Gasteiger partial charge in [-0.1, -0.05) is 23.7 Å². The van der Waals surface area contributed by atoms with Gasteiger partial charge in [-0.3, -0.25) is 5.01 Å². The molecule has 3 nitrogen and oxygen atoms in total. The van der Waals surface area contributed by atoms with Crippen molar-refractivity contribution in [2.24, 2.45) is 5.10 Å². The number of hydrogen-bond donors (Lipinski definition) is 1. The van der Waals surface area contributed by atoms with Crippen LogP contribution in [0.3, 0.4) is 0 Å². The zero-order valence-electron chi connectivity index (χ0n) is 12.9. The normalized spacial score (nSPS) is 11.4. The molecule has 0 aliphatic heterocycles. The number of nitrogens with zero attached hydrogens (tertiary/aromatic N) is 2. The van der Waals surface area contributed by atoms with Crippen molar-refractivity contribution in [1.82, 2.24) is 0 Å². The summed E-state index contributed by atoms with van der Waals surface area (Å²) >= 11 is 6.07. The minimum absolute atomic E-state index is 0.291. The van der Waals surface area contributed by atoms with E-state index in [0.717, 1.165) is 17.0 Å². The van der Waals surface area contributed by atoms with Crippen molar-refractivity contribution in [2.75, 3.05) is 23.9 Å². The van der Waals surface area contributed by atoms with Crippen LogP contribution in [-0.4, -0.2) is 19.3 Å². The average Bonchev–Trinajstić information content (AvgIpc) is 2.53. The van der Waals surface area contributed by atoms with Crippen LogP contribution in [0, 0.1) is 5.82 Å². The second-order valence-electron chi connectivity index (χ2n) is 4.79. The number of nitrogens with one attached hydrogen (secondary N) is 1. The Morgan fingerprint density at radius 3 is 2.64 bits per heavy atom. The van der Waals surface area contributed by atoms with Gasteiger partial charge < -0.3 is 5.32 Å². The maximum atomic E-state index is 13.9. The Morgan fingerprint density at radius 2 is 2.00 bits per heavy atom. The van der Waals surface area contributed by atoms with Gasteiger partial charge in [-0.05, 0) is 44.2 Å². The second kappa shape index (κ2) is 7.27. The van der Waals surface area contributed by atoms with Crippen LogP contribution in [-0.2, 0) is 0 Å². The van der Waals surface area contributed by atoms with E-state index >= 15 is 0 Å². The van der Waals surface area contributed by atoms with Gasteiger partial charge in [0.25, 0.3) is 0 Å². The molecule has 0 saturated heterocycles. The summed E-state index contributed by atoms with van der Waals surface area (Å²) in [6, 6.07) is 12.2. The van der Waals surface area contributed by atoms with E-state index in [4.69, 9.17) is 11.6 Å². The summed E-state index contributed by atoms with van der Waals surface area (Å²) in [6.45, 7) is 4.38. The topological polar surface area (TPSA) is 27.6 Å². The van der Waals surface area contributed by atoms with Crippen LogP contribution >= 0.6 is 11.6 Å². The average molecular weight is 320 g/mol. The summed E-state index contributed by atoms with van der Waals surface area (Å²) < 4.78 is 13.9. The number of benzene rings is 2. The Labute approximate surface area is 135 Å². The van der Waals surface area contributed by atoms with E-state index in [0.29, 0.717) is 17.3 Å². The van der Waals surface area contributed by atoms with Crippen molar-refractivity contribution >= 4 is 28.7 Å². The van der Waals surface area contributed by atoms with E-state index in [-0.39, 0.29) is 5.82 Å². The first-order valence-electron chi connectivity index (χ1n) is 7.11. The van der Waals surface area contributed by atoms with Crippen molar-refractivity contribution in [3.8, 4) is 0 Å². The Balaban J connectivity index is 2.42. The van der Waals surface area contributed by atoms with E-state index in [1.165, 1.54) is 6.07 Å². The molecule has 0 aliphatic rings. The molecule has 0 aromatic heterocycles. The van der Waals surface area contributed by atoms with Gasteiger partial charge in [-0.25, -0.2) is 4.39 Å². The molecule has 0 saturated carbocycles. The van der Waals surface area contributed by atoms with Crippen molar-refractivity contribution in [3.05, 3.63) is 58.9 Å². The fourth-order valence-electron chi connectivity index (χ4n) is 2.22. The first-order valence-corrected chi connectivity index (χ1v) is 7.49. The summed E-state index contributed by atoms with van der Waals surface area (Å²) in [4.78, 5) is 0. The summed E-state index contributed by atoms with van der Waals surface area (Å²) in [5.74, 6) is -0.291.